The number of hydrogen-bond acceptors (Lipinski definition) is 2. The highest BCUT2D eigenvalue weighted by Crippen LogP contribution is 2.20. The lowest BCUT2D eigenvalue weighted by atomic mass is 10.2. The van der Waals surface area contributed by atoms with E-state index in [4.69, 9.17) is 17.3 Å². The molecule has 4 nitrogen and oxygen atoms in total. The van der Waals surface area contributed by atoms with E-state index in [1.165, 1.54) is 6.92 Å². The van der Waals surface area contributed by atoms with Gasteiger partial charge >= 0.3 is 0 Å². The van der Waals surface area contributed by atoms with Crippen molar-refractivity contribution < 1.29 is 9.59 Å². The Labute approximate surface area is 106 Å². The lowest BCUT2D eigenvalue weighted by molar-refractivity contribution is -0.119. The molecule has 1 rings (SSSR count). The van der Waals surface area contributed by atoms with E-state index < -0.39 is 17.9 Å². The third-order valence-corrected chi connectivity index (χ3v) is 2.77. The first-order valence-corrected chi connectivity index (χ1v) is 5.64. The van der Waals surface area contributed by atoms with Gasteiger partial charge in [-0.2, -0.15) is 0 Å². The fourth-order valence-electron chi connectivity index (χ4n) is 1.02. The lowest BCUT2D eigenvalue weighted by Crippen LogP contribution is -2.42. The molecule has 1 atom stereocenters. The molecule has 1 aromatic carbocycles. The molecule has 86 valence electrons. The van der Waals surface area contributed by atoms with Gasteiger partial charge in [0.1, 0.15) is 6.04 Å². The summed E-state index contributed by atoms with van der Waals surface area (Å²) >= 11 is 9.09. The summed E-state index contributed by atoms with van der Waals surface area (Å²) in [5, 5.41) is 2.76. The molecule has 0 aliphatic carbocycles. The summed E-state index contributed by atoms with van der Waals surface area (Å²) in [5.74, 6) is -1.03. The third-order valence-electron chi connectivity index (χ3n) is 1.95. The first-order chi connectivity index (χ1) is 7.41. The number of halogens is 2. The van der Waals surface area contributed by atoms with Gasteiger partial charge in [0.2, 0.25) is 5.91 Å². The number of rotatable bonds is 3. The van der Waals surface area contributed by atoms with E-state index in [2.05, 4.69) is 21.2 Å². The van der Waals surface area contributed by atoms with Crippen molar-refractivity contribution in [2.24, 2.45) is 5.73 Å². The number of amides is 2. The van der Waals surface area contributed by atoms with Gasteiger partial charge in [-0.1, -0.05) is 27.5 Å². The Kier molecular flexibility index (Phi) is 4.32. The summed E-state index contributed by atoms with van der Waals surface area (Å²) in [4.78, 5) is 22.5. The van der Waals surface area contributed by atoms with Crippen LogP contribution in [-0.4, -0.2) is 17.9 Å². The maximum absolute atomic E-state index is 11.7. The largest absolute Gasteiger partial charge is 0.368 e. The topological polar surface area (TPSA) is 72.2 Å². The molecule has 3 N–H and O–H groups in total. The van der Waals surface area contributed by atoms with Gasteiger partial charge in [-0.25, -0.2) is 0 Å². The Morgan fingerprint density at radius 2 is 2.12 bits per heavy atom. The highest BCUT2D eigenvalue weighted by Gasteiger charge is 2.16. The first kappa shape index (κ1) is 13.0. The Bertz CT molecular complexity index is 437. The molecule has 6 heteroatoms. The second-order valence-electron chi connectivity index (χ2n) is 3.22. The van der Waals surface area contributed by atoms with Crippen LogP contribution in [0.1, 0.15) is 17.3 Å². The summed E-state index contributed by atoms with van der Waals surface area (Å²) in [6, 6.07) is 4.15. The highest BCUT2D eigenvalue weighted by atomic mass is 79.9. The van der Waals surface area contributed by atoms with E-state index in [1.54, 1.807) is 18.2 Å². The van der Waals surface area contributed by atoms with Crippen LogP contribution in [0.5, 0.6) is 0 Å². The smallest absolute Gasteiger partial charge is 0.253 e. The minimum atomic E-state index is -0.734. The number of hydrogen-bond donors (Lipinski definition) is 2. The SMILES string of the molecule is C[C@@H](NC(=O)c1cc(Br)ccc1Cl)C(N)=O. The average Bonchev–Trinajstić information content (AvgIpc) is 2.21. The Balaban J connectivity index is 2.88. The number of nitrogens with two attached hydrogens (primary N) is 1. The second kappa shape index (κ2) is 5.32. The van der Waals surface area contributed by atoms with Crippen molar-refractivity contribution in [3.05, 3.63) is 33.3 Å². The van der Waals surface area contributed by atoms with E-state index >= 15 is 0 Å². The maximum atomic E-state index is 11.7. The molecular formula is C10H10BrClN2O2. The molecule has 0 aliphatic rings. The summed E-state index contributed by atoms with van der Waals surface area (Å²) in [5.41, 5.74) is 5.33. The van der Waals surface area contributed by atoms with Gasteiger partial charge in [0.15, 0.2) is 0 Å². The minimum Gasteiger partial charge on any atom is -0.368 e. The van der Waals surface area contributed by atoms with Gasteiger partial charge in [0.05, 0.1) is 10.6 Å². The molecule has 0 aromatic heterocycles. The predicted molar refractivity (Wildman–Crippen MR) is 65.3 cm³/mol. The average molecular weight is 306 g/mol. The van der Waals surface area contributed by atoms with Crippen LogP contribution >= 0.6 is 27.5 Å². The molecular weight excluding hydrogens is 295 g/mol. The Morgan fingerprint density at radius 3 is 2.69 bits per heavy atom. The second-order valence-corrected chi connectivity index (χ2v) is 4.54. The van der Waals surface area contributed by atoms with Gasteiger partial charge in [-0.05, 0) is 25.1 Å². The summed E-state index contributed by atoms with van der Waals surface area (Å²) in [7, 11) is 0. The molecule has 0 aliphatic heterocycles. The van der Waals surface area contributed by atoms with Crippen molar-refractivity contribution in [3.8, 4) is 0 Å². The van der Waals surface area contributed by atoms with E-state index in [-0.39, 0.29) is 0 Å². The lowest BCUT2D eigenvalue weighted by Gasteiger charge is -2.11. The number of benzene rings is 1. The van der Waals surface area contributed by atoms with Crippen LogP contribution in [-0.2, 0) is 4.79 Å². The molecule has 0 bridgehead atoms. The Morgan fingerprint density at radius 1 is 1.50 bits per heavy atom. The normalized spacial score (nSPS) is 11.9. The van der Waals surface area contributed by atoms with Crippen molar-refractivity contribution >= 4 is 39.3 Å². The fourth-order valence-corrected chi connectivity index (χ4v) is 1.58. The van der Waals surface area contributed by atoms with Crippen LogP contribution in [0.3, 0.4) is 0 Å². The zero-order chi connectivity index (χ0) is 12.3. The van der Waals surface area contributed by atoms with E-state index in [9.17, 15) is 9.59 Å². The number of carbonyl (C=O) groups is 2. The van der Waals surface area contributed by atoms with Crippen molar-refractivity contribution in [3.63, 3.8) is 0 Å². The van der Waals surface area contributed by atoms with Gasteiger partial charge < -0.3 is 11.1 Å². The van der Waals surface area contributed by atoms with Crippen LogP contribution in [0, 0.1) is 0 Å². The Hall–Kier alpha value is -1.07. The van der Waals surface area contributed by atoms with Crippen LogP contribution in [0.15, 0.2) is 22.7 Å². The van der Waals surface area contributed by atoms with Crippen molar-refractivity contribution in [2.45, 2.75) is 13.0 Å². The summed E-state index contributed by atoms with van der Waals surface area (Å²) < 4.78 is 0.730. The molecule has 1 aromatic rings. The monoisotopic (exact) mass is 304 g/mol. The maximum Gasteiger partial charge on any atom is 0.253 e. The zero-order valence-corrected chi connectivity index (χ0v) is 10.8. The first-order valence-electron chi connectivity index (χ1n) is 4.47. The van der Waals surface area contributed by atoms with Gasteiger partial charge in [0, 0.05) is 4.47 Å². The molecule has 0 spiro atoms. The van der Waals surface area contributed by atoms with E-state index in [1.807, 2.05) is 0 Å². The van der Waals surface area contributed by atoms with Gasteiger partial charge in [0.25, 0.3) is 5.91 Å². The number of carbonyl (C=O) groups excluding carboxylic acids is 2. The molecule has 2 amide bonds. The van der Waals surface area contributed by atoms with Crippen LogP contribution in [0.2, 0.25) is 5.02 Å². The summed E-state index contributed by atoms with van der Waals surface area (Å²) in [6.45, 7) is 1.51. The quantitative estimate of drug-likeness (QED) is 0.892. The number of nitrogens with one attached hydrogen (secondary N) is 1. The molecule has 0 heterocycles. The van der Waals surface area contributed by atoms with E-state index in [0.717, 1.165) is 4.47 Å². The third kappa shape index (κ3) is 3.21. The molecule has 0 saturated carbocycles. The van der Waals surface area contributed by atoms with Gasteiger partial charge in [-0.3, -0.25) is 9.59 Å². The van der Waals surface area contributed by atoms with Gasteiger partial charge in [-0.15, -0.1) is 0 Å². The zero-order valence-electron chi connectivity index (χ0n) is 8.46. The molecule has 0 unspecified atom stereocenters. The standard InChI is InChI=1S/C10H10BrClN2O2/c1-5(9(13)15)14-10(16)7-4-6(11)2-3-8(7)12/h2-5H,1H3,(H2,13,15)(H,14,16)/t5-/m1/s1. The van der Waals surface area contributed by atoms with Crippen LogP contribution < -0.4 is 11.1 Å². The van der Waals surface area contributed by atoms with Crippen LogP contribution in [0.4, 0.5) is 0 Å². The minimum absolute atomic E-state index is 0.296. The van der Waals surface area contributed by atoms with Crippen LogP contribution in [0.25, 0.3) is 0 Å². The number of primary amides is 1. The van der Waals surface area contributed by atoms with Crippen molar-refractivity contribution in [2.75, 3.05) is 0 Å². The molecule has 0 fully saturated rings. The predicted octanol–water partition coefficient (Wildman–Crippen LogP) is 1.71. The highest BCUT2D eigenvalue weighted by molar-refractivity contribution is 9.10. The van der Waals surface area contributed by atoms with E-state index in [0.29, 0.717) is 10.6 Å². The fraction of sp³-hybridized carbons (Fsp3) is 0.200. The molecule has 0 saturated heterocycles. The summed E-state index contributed by atoms with van der Waals surface area (Å²) in [6.07, 6.45) is 0. The van der Waals surface area contributed by atoms with Crippen molar-refractivity contribution in [1.29, 1.82) is 0 Å². The molecule has 0 radical (unpaired) electrons. The van der Waals surface area contributed by atoms with Crippen molar-refractivity contribution in [1.82, 2.24) is 5.32 Å². The molecule has 16 heavy (non-hydrogen) atoms.